The molecule has 0 fully saturated rings. The summed E-state index contributed by atoms with van der Waals surface area (Å²) in [6.45, 7) is 8.21. The molecule has 0 aromatic carbocycles. The van der Waals surface area contributed by atoms with Gasteiger partial charge < -0.3 is 10.1 Å². The zero-order valence-corrected chi connectivity index (χ0v) is 12.1. The summed E-state index contributed by atoms with van der Waals surface area (Å²) in [7, 11) is 1.03. The number of ether oxygens (including phenoxy) is 1. The van der Waals surface area contributed by atoms with Gasteiger partial charge in [-0.15, -0.1) is 0 Å². The SMILES string of the molecule is COCCC(NCCC(C)S(C)=O)C(C)C. The Bertz CT molecular complexity index is 197. The van der Waals surface area contributed by atoms with Crippen molar-refractivity contribution in [2.75, 3.05) is 26.5 Å². The van der Waals surface area contributed by atoms with E-state index in [1.807, 2.05) is 6.92 Å². The molecule has 0 rings (SSSR count). The highest BCUT2D eigenvalue weighted by Gasteiger charge is 2.13. The molecule has 0 saturated heterocycles. The molecule has 3 atom stereocenters. The van der Waals surface area contributed by atoms with Crippen LogP contribution in [0.4, 0.5) is 0 Å². The Morgan fingerprint density at radius 1 is 1.25 bits per heavy atom. The maximum Gasteiger partial charge on any atom is 0.0477 e. The van der Waals surface area contributed by atoms with Gasteiger partial charge in [0, 0.05) is 42.1 Å². The Morgan fingerprint density at radius 2 is 1.88 bits per heavy atom. The van der Waals surface area contributed by atoms with Crippen LogP contribution in [-0.4, -0.2) is 42.0 Å². The lowest BCUT2D eigenvalue weighted by molar-refractivity contribution is 0.173. The van der Waals surface area contributed by atoms with E-state index in [1.54, 1.807) is 13.4 Å². The summed E-state index contributed by atoms with van der Waals surface area (Å²) in [5.41, 5.74) is 0. The van der Waals surface area contributed by atoms with E-state index in [1.165, 1.54) is 0 Å². The summed E-state index contributed by atoms with van der Waals surface area (Å²) in [4.78, 5) is 0. The quantitative estimate of drug-likeness (QED) is 0.677. The van der Waals surface area contributed by atoms with Gasteiger partial charge in [0.25, 0.3) is 0 Å². The second kappa shape index (κ2) is 9.14. The first kappa shape index (κ1) is 16.1. The first-order chi connectivity index (χ1) is 7.49. The molecule has 16 heavy (non-hydrogen) atoms. The molecule has 3 nitrogen and oxygen atoms in total. The molecule has 0 heterocycles. The van der Waals surface area contributed by atoms with Crippen LogP contribution < -0.4 is 5.32 Å². The number of hydrogen-bond donors (Lipinski definition) is 1. The largest absolute Gasteiger partial charge is 0.385 e. The minimum Gasteiger partial charge on any atom is -0.385 e. The fraction of sp³-hybridized carbons (Fsp3) is 1.00. The molecular formula is C12H27NO2S. The Labute approximate surface area is 103 Å². The van der Waals surface area contributed by atoms with Crippen molar-refractivity contribution in [3.63, 3.8) is 0 Å². The van der Waals surface area contributed by atoms with Crippen molar-refractivity contribution in [3.8, 4) is 0 Å². The van der Waals surface area contributed by atoms with Crippen LogP contribution in [0.1, 0.15) is 33.6 Å². The van der Waals surface area contributed by atoms with Crippen molar-refractivity contribution >= 4 is 10.8 Å². The molecule has 0 aromatic rings. The summed E-state index contributed by atoms with van der Waals surface area (Å²) in [6.07, 6.45) is 3.78. The molecule has 0 aliphatic rings. The van der Waals surface area contributed by atoms with Crippen LogP contribution in [0.3, 0.4) is 0 Å². The lowest BCUT2D eigenvalue weighted by Gasteiger charge is -2.22. The highest BCUT2D eigenvalue weighted by Crippen LogP contribution is 2.07. The first-order valence-electron chi connectivity index (χ1n) is 6.03. The Balaban J connectivity index is 3.79. The lowest BCUT2D eigenvalue weighted by Crippen LogP contribution is -2.36. The van der Waals surface area contributed by atoms with Crippen LogP contribution in [0.2, 0.25) is 0 Å². The fourth-order valence-corrected chi connectivity index (χ4v) is 2.00. The van der Waals surface area contributed by atoms with Gasteiger partial charge in [0.05, 0.1) is 0 Å². The molecule has 0 saturated carbocycles. The minimum atomic E-state index is -0.706. The van der Waals surface area contributed by atoms with Crippen molar-refractivity contribution in [2.24, 2.45) is 5.92 Å². The zero-order valence-electron chi connectivity index (χ0n) is 11.3. The van der Waals surface area contributed by atoms with Gasteiger partial charge in [-0.1, -0.05) is 20.8 Å². The highest BCUT2D eigenvalue weighted by molar-refractivity contribution is 7.84. The normalized spacial score (nSPS) is 17.4. The van der Waals surface area contributed by atoms with E-state index in [0.717, 1.165) is 26.0 Å². The van der Waals surface area contributed by atoms with E-state index in [2.05, 4.69) is 19.2 Å². The highest BCUT2D eigenvalue weighted by atomic mass is 32.2. The molecule has 0 bridgehead atoms. The summed E-state index contributed by atoms with van der Waals surface area (Å²) < 4.78 is 16.3. The van der Waals surface area contributed by atoms with Gasteiger partial charge in [0.15, 0.2) is 0 Å². The first-order valence-corrected chi connectivity index (χ1v) is 7.65. The van der Waals surface area contributed by atoms with E-state index in [9.17, 15) is 4.21 Å². The van der Waals surface area contributed by atoms with Crippen molar-refractivity contribution in [2.45, 2.75) is 44.9 Å². The van der Waals surface area contributed by atoms with Gasteiger partial charge >= 0.3 is 0 Å². The number of rotatable bonds is 9. The van der Waals surface area contributed by atoms with E-state index in [4.69, 9.17) is 4.74 Å². The molecule has 0 radical (unpaired) electrons. The van der Waals surface area contributed by atoms with Gasteiger partial charge in [-0.2, -0.15) is 0 Å². The average molecular weight is 249 g/mol. The Kier molecular flexibility index (Phi) is 9.18. The second-order valence-electron chi connectivity index (χ2n) is 4.68. The smallest absolute Gasteiger partial charge is 0.0477 e. The van der Waals surface area contributed by atoms with E-state index < -0.39 is 10.8 Å². The molecule has 4 heteroatoms. The predicted molar refractivity (Wildman–Crippen MR) is 71.3 cm³/mol. The second-order valence-corrected chi connectivity index (χ2v) is 6.49. The molecular weight excluding hydrogens is 222 g/mol. The predicted octanol–water partition coefficient (Wildman–Crippen LogP) is 1.79. The molecule has 0 amide bonds. The topological polar surface area (TPSA) is 38.3 Å². The molecule has 3 unspecified atom stereocenters. The zero-order chi connectivity index (χ0) is 12.6. The van der Waals surface area contributed by atoms with Crippen molar-refractivity contribution < 1.29 is 8.95 Å². The fourth-order valence-electron chi connectivity index (χ4n) is 1.55. The average Bonchev–Trinajstić information content (AvgIpc) is 2.21. The van der Waals surface area contributed by atoms with E-state index in [0.29, 0.717) is 12.0 Å². The Morgan fingerprint density at radius 3 is 2.31 bits per heavy atom. The van der Waals surface area contributed by atoms with Crippen LogP contribution >= 0.6 is 0 Å². The van der Waals surface area contributed by atoms with Crippen molar-refractivity contribution in [3.05, 3.63) is 0 Å². The maximum absolute atomic E-state index is 11.2. The summed E-state index contributed by atoms with van der Waals surface area (Å²) in [6, 6.07) is 0.498. The van der Waals surface area contributed by atoms with Gasteiger partial charge in [0.1, 0.15) is 0 Å². The standard InChI is InChI=1S/C12H27NO2S/c1-10(2)12(7-9-15-4)13-8-6-11(3)16(5)14/h10-13H,6-9H2,1-5H3. The van der Waals surface area contributed by atoms with Gasteiger partial charge in [-0.05, 0) is 25.3 Å². The summed E-state index contributed by atoms with van der Waals surface area (Å²) >= 11 is 0. The number of methoxy groups -OCH3 is 1. The van der Waals surface area contributed by atoms with Crippen LogP contribution in [0, 0.1) is 5.92 Å². The maximum atomic E-state index is 11.2. The third-order valence-electron chi connectivity index (χ3n) is 2.96. The van der Waals surface area contributed by atoms with Crippen LogP contribution in [0.5, 0.6) is 0 Å². The number of nitrogens with one attached hydrogen (secondary N) is 1. The minimum absolute atomic E-state index is 0.280. The molecule has 0 aromatic heterocycles. The van der Waals surface area contributed by atoms with Gasteiger partial charge in [-0.3, -0.25) is 4.21 Å². The molecule has 0 spiro atoms. The molecule has 0 aliphatic heterocycles. The summed E-state index contributed by atoms with van der Waals surface area (Å²) in [5, 5.41) is 3.81. The summed E-state index contributed by atoms with van der Waals surface area (Å²) in [5.74, 6) is 0.609. The molecule has 1 N–H and O–H groups in total. The third-order valence-corrected chi connectivity index (χ3v) is 4.33. The Hall–Kier alpha value is 0.0700. The van der Waals surface area contributed by atoms with E-state index in [-0.39, 0.29) is 5.25 Å². The number of hydrogen-bond acceptors (Lipinski definition) is 3. The van der Waals surface area contributed by atoms with Crippen LogP contribution in [0.25, 0.3) is 0 Å². The van der Waals surface area contributed by atoms with Gasteiger partial charge in [-0.25, -0.2) is 0 Å². The molecule has 98 valence electrons. The monoisotopic (exact) mass is 249 g/mol. The van der Waals surface area contributed by atoms with Crippen LogP contribution in [-0.2, 0) is 15.5 Å². The van der Waals surface area contributed by atoms with Gasteiger partial charge in [0.2, 0.25) is 0 Å². The van der Waals surface area contributed by atoms with Crippen molar-refractivity contribution in [1.29, 1.82) is 0 Å². The third kappa shape index (κ3) is 7.36. The van der Waals surface area contributed by atoms with Crippen molar-refractivity contribution in [1.82, 2.24) is 5.32 Å². The van der Waals surface area contributed by atoms with Crippen LogP contribution in [0.15, 0.2) is 0 Å². The molecule has 0 aliphatic carbocycles. The lowest BCUT2D eigenvalue weighted by atomic mass is 10.0. The van der Waals surface area contributed by atoms with E-state index >= 15 is 0 Å².